The highest BCUT2D eigenvalue weighted by molar-refractivity contribution is 7.88. The van der Waals surface area contributed by atoms with Crippen molar-refractivity contribution in [1.82, 2.24) is 9.88 Å². The highest BCUT2D eigenvalue weighted by atomic mass is 32.2. The van der Waals surface area contributed by atoms with Crippen LogP contribution in [-0.2, 0) is 22.2 Å². The Labute approximate surface area is 157 Å². The molecule has 3 rings (SSSR count). The summed E-state index contributed by atoms with van der Waals surface area (Å²) in [7, 11) is -1.93. The highest BCUT2D eigenvalue weighted by Gasteiger charge is 2.13. The lowest BCUT2D eigenvalue weighted by Crippen LogP contribution is -2.27. The van der Waals surface area contributed by atoms with Crippen LogP contribution in [0, 0.1) is 5.82 Å². The maximum Gasteiger partial charge on any atom is 0.215 e. The predicted molar refractivity (Wildman–Crippen MR) is 99.2 cm³/mol. The molecule has 0 unspecified atom stereocenters. The van der Waals surface area contributed by atoms with Gasteiger partial charge in [0.05, 0.1) is 18.6 Å². The Morgan fingerprint density at radius 3 is 2.67 bits per heavy atom. The molecule has 0 bridgehead atoms. The fourth-order valence-electron chi connectivity index (χ4n) is 2.53. The Hall–Kier alpha value is -2.71. The number of nitrogens with zero attached hydrogens (tertiary/aromatic N) is 1. The first-order valence-electron chi connectivity index (χ1n) is 8.27. The number of methoxy groups -OCH3 is 1. The van der Waals surface area contributed by atoms with Crippen molar-refractivity contribution in [2.75, 3.05) is 13.7 Å². The first-order valence-corrected chi connectivity index (χ1v) is 9.92. The van der Waals surface area contributed by atoms with Crippen molar-refractivity contribution in [1.29, 1.82) is 0 Å². The summed E-state index contributed by atoms with van der Waals surface area (Å²) in [6, 6.07) is 14.5. The zero-order chi connectivity index (χ0) is 19.3. The summed E-state index contributed by atoms with van der Waals surface area (Å²) in [6.45, 7) is 0.188. The van der Waals surface area contributed by atoms with Gasteiger partial charge in [0.25, 0.3) is 0 Å². The van der Waals surface area contributed by atoms with Crippen LogP contribution in [0.4, 0.5) is 4.39 Å². The van der Waals surface area contributed by atoms with Crippen LogP contribution < -0.4 is 9.46 Å². The van der Waals surface area contributed by atoms with Crippen molar-refractivity contribution in [3.05, 3.63) is 71.7 Å². The topological polar surface area (TPSA) is 81.4 Å². The minimum atomic E-state index is -3.52. The van der Waals surface area contributed by atoms with Crippen molar-refractivity contribution in [3.8, 4) is 17.1 Å². The predicted octanol–water partition coefficient (Wildman–Crippen LogP) is 3.15. The molecule has 2 aromatic carbocycles. The van der Waals surface area contributed by atoms with E-state index in [1.54, 1.807) is 13.2 Å². The average Bonchev–Trinajstić information content (AvgIpc) is 3.12. The number of aromatic nitrogens is 1. The molecule has 0 amide bonds. The fraction of sp³-hybridized carbons (Fsp3) is 0.211. The molecule has 0 aliphatic carbocycles. The number of ether oxygens (including phenoxy) is 1. The quantitative estimate of drug-likeness (QED) is 0.639. The Morgan fingerprint density at radius 1 is 1.15 bits per heavy atom. The summed E-state index contributed by atoms with van der Waals surface area (Å²) in [5.41, 5.74) is 1.98. The molecule has 0 saturated carbocycles. The molecular formula is C19H19FN2O4S. The first kappa shape index (κ1) is 19.1. The van der Waals surface area contributed by atoms with Crippen LogP contribution >= 0.6 is 0 Å². The molecule has 0 aliphatic rings. The SMILES string of the molecule is COc1cccc(-c2cc(CCNS(=O)(=O)Cc3ccc(F)cc3)no2)c1. The van der Waals surface area contributed by atoms with Crippen LogP contribution in [0.1, 0.15) is 11.3 Å². The van der Waals surface area contributed by atoms with Gasteiger partial charge in [-0.15, -0.1) is 0 Å². The van der Waals surface area contributed by atoms with Gasteiger partial charge in [0.15, 0.2) is 5.76 Å². The van der Waals surface area contributed by atoms with Gasteiger partial charge in [0.1, 0.15) is 11.6 Å². The van der Waals surface area contributed by atoms with Crippen LogP contribution in [0.3, 0.4) is 0 Å². The standard InChI is InChI=1S/C19H19FN2O4S/c1-25-18-4-2-3-15(11-18)19-12-17(22-26-19)9-10-21-27(23,24)13-14-5-7-16(20)8-6-14/h2-8,11-12,21H,9-10,13H2,1H3. The van der Waals surface area contributed by atoms with Crippen LogP contribution in [-0.4, -0.2) is 27.2 Å². The zero-order valence-corrected chi connectivity index (χ0v) is 15.5. The van der Waals surface area contributed by atoms with Crippen molar-refractivity contribution in [2.24, 2.45) is 0 Å². The van der Waals surface area contributed by atoms with Crippen LogP contribution in [0.2, 0.25) is 0 Å². The fourth-order valence-corrected chi connectivity index (χ4v) is 3.67. The third-order valence-corrected chi connectivity index (χ3v) is 5.24. The molecule has 0 aliphatic heterocycles. The molecule has 3 aromatic rings. The largest absolute Gasteiger partial charge is 0.497 e. The lowest BCUT2D eigenvalue weighted by atomic mass is 10.1. The van der Waals surface area contributed by atoms with E-state index in [-0.39, 0.29) is 12.3 Å². The monoisotopic (exact) mass is 390 g/mol. The van der Waals surface area contributed by atoms with Gasteiger partial charge in [-0.2, -0.15) is 0 Å². The lowest BCUT2D eigenvalue weighted by molar-refractivity contribution is 0.412. The van der Waals surface area contributed by atoms with Crippen LogP contribution in [0.5, 0.6) is 5.75 Å². The van der Waals surface area contributed by atoms with Gasteiger partial charge in [-0.3, -0.25) is 0 Å². The molecule has 6 nitrogen and oxygen atoms in total. The van der Waals surface area contributed by atoms with Crippen molar-refractivity contribution < 1.29 is 22.1 Å². The second-order valence-electron chi connectivity index (χ2n) is 5.94. The van der Waals surface area contributed by atoms with Gasteiger partial charge < -0.3 is 9.26 Å². The molecule has 142 valence electrons. The average molecular weight is 390 g/mol. The maximum atomic E-state index is 12.9. The number of halogens is 1. The number of rotatable bonds is 8. The molecule has 1 heterocycles. The summed E-state index contributed by atoms with van der Waals surface area (Å²) in [6.07, 6.45) is 0.385. The number of nitrogens with one attached hydrogen (secondary N) is 1. The second-order valence-corrected chi connectivity index (χ2v) is 7.75. The number of hydrogen-bond acceptors (Lipinski definition) is 5. The normalized spacial score (nSPS) is 11.5. The van der Waals surface area contributed by atoms with Crippen LogP contribution in [0.25, 0.3) is 11.3 Å². The Kier molecular flexibility index (Phi) is 5.88. The Morgan fingerprint density at radius 2 is 1.93 bits per heavy atom. The number of benzene rings is 2. The van der Waals surface area contributed by atoms with Crippen LogP contribution in [0.15, 0.2) is 59.1 Å². The van der Waals surface area contributed by atoms with Crippen molar-refractivity contribution in [2.45, 2.75) is 12.2 Å². The van der Waals surface area contributed by atoms with Crippen molar-refractivity contribution >= 4 is 10.0 Å². The highest BCUT2D eigenvalue weighted by Crippen LogP contribution is 2.24. The molecule has 0 fully saturated rings. The minimum absolute atomic E-state index is 0.188. The molecule has 8 heteroatoms. The third-order valence-electron chi connectivity index (χ3n) is 3.89. The van der Waals surface area contributed by atoms with E-state index in [0.717, 1.165) is 5.56 Å². The second kappa shape index (κ2) is 8.32. The Bertz CT molecular complexity index is 1000. The minimum Gasteiger partial charge on any atom is -0.497 e. The van der Waals surface area contributed by atoms with Gasteiger partial charge in [-0.25, -0.2) is 17.5 Å². The summed E-state index contributed by atoms with van der Waals surface area (Å²) >= 11 is 0. The summed E-state index contributed by atoms with van der Waals surface area (Å²) in [4.78, 5) is 0. The number of sulfonamides is 1. The lowest BCUT2D eigenvalue weighted by Gasteiger charge is -2.05. The molecule has 0 spiro atoms. The molecule has 1 aromatic heterocycles. The van der Waals surface area contributed by atoms with Gasteiger partial charge in [-0.05, 0) is 29.8 Å². The van der Waals surface area contributed by atoms with Gasteiger partial charge in [0.2, 0.25) is 10.0 Å². The van der Waals surface area contributed by atoms with E-state index in [9.17, 15) is 12.8 Å². The molecule has 1 N–H and O–H groups in total. The van der Waals surface area contributed by atoms with E-state index >= 15 is 0 Å². The molecule has 0 atom stereocenters. The van der Waals surface area contributed by atoms with E-state index in [1.807, 2.05) is 24.3 Å². The summed E-state index contributed by atoms with van der Waals surface area (Å²) in [5, 5.41) is 3.97. The van der Waals surface area contributed by atoms with E-state index in [2.05, 4.69) is 9.88 Å². The molecular weight excluding hydrogens is 371 g/mol. The van der Waals surface area contributed by atoms with Gasteiger partial charge in [-0.1, -0.05) is 29.4 Å². The smallest absolute Gasteiger partial charge is 0.215 e. The van der Waals surface area contributed by atoms with Gasteiger partial charge >= 0.3 is 0 Å². The van der Waals surface area contributed by atoms with Crippen molar-refractivity contribution in [3.63, 3.8) is 0 Å². The van der Waals surface area contributed by atoms with E-state index < -0.39 is 15.8 Å². The number of hydrogen-bond donors (Lipinski definition) is 1. The maximum absolute atomic E-state index is 12.9. The summed E-state index contributed by atoms with van der Waals surface area (Å²) in [5.74, 6) is 0.681. The van der Waals surface area contributed by atoms with E-state index in [4.69, 9.17) is 9.26 Å². The molecule has 0 radical (unpaired) electrons. The Balaban J connectivity index is 1.56. The van der Waals surface area contributed by atoms with E-state index in [1.165, 1.54) is 24.3 Å². The zero-order valence-electron chi connectivity index (χ0n) is 14.7. The molecule has 27 heavy (non-hydrogen) atoms. The third kappa shape index (κ3) is 5.38. The van der Waals surface area contributed by atoms with Gasteiger partial charge in [0, 0.05) is 24.6 Å². The first-order chi connectivity index (χ1) is 12.9. The summed E-state index contributed by atoms with van der Waals surface area (Å²) < 4.78 is 50.1. The van der Waals surface area contributed by atoms with E-state index in [0.29, 0.717) is 29.2 Å². The molecule has 0 saturated heterocycles.